The fourth-order valence-corrected chi connectivity index (χ4v) is 2.71. The normalized spacial score (nSPS) is 14.1. The highest BCUT2D eigenvalue weighted by Crippen LogP contribution is 2.21. The van der Waals surface area contributed by atoms with Gasteiger partial charge < -0.3 is 15.0 Å². The second kappa shape index (κ2) is 7.30. The number of carbonyl (C=O) groups excluding carboxylic acids is 1. The van der Waals surface area contributed by atoms with Gasteiger partial charge in [-0.2, -0.15) is 5.26 Å². The number of halogens is 1. The number of carbonyl (C=O) groups is 1. The van der Waals surface area contributed by atoms with Gasteiger partial charge in [0, 0.05) is 36.6 Å². The van der Waals surface area contributed by atoms with Crippen molar-refractivity contribution in [1.82, 2.24) is 0 Å². The van der Waals surface area contributed by atoms with Crippen LogP contribution in [0.15, 0.2) is 36.5 Å². The molecule has 0 unspecified atom stereocenters. The molecule has 2 heterocycles. The zero-order valence-electron chi connectivity index (χ0n) is 12.9. The molecule has 1 aromatic heterocycles. The Morgan fingerprint density at radius 2 is 2.08 bits per heavy atom. The Morgan fingerprint density at radius 3 is 2.79 bits per heavy atom. The molecule has 1 aliphatic heterocycles. The SMILES string of the molecule is N#Cc1ccc(NC(=O)c2cc(N3CCOCC3)cc[nH+]2)cc1Cl. The van der Waals surface area contributed by atoms with Crippen LogP contribution < -0.4 is 15.2 Å². The monoisotopic (exact) mass is 343 g/mol. The lowest BCUT2D eigenvalue weighted by Crippen LogP contribution is -2.36. The van der Waals surface area contributed by atoms with E-state index >= 15 is 0 Å². The highest BCUT2D eigenvalue weighted by molar-refractivity contribution is 6.32. The molecule has 2 aromatic rings. The third-order valence-corrected chi connectivity index (χ3v) is 4.07. The van der Waals surface area contributed by atoms with Crippen molar-refractivity contribution in [2.45, 2.75) is 0 Å². The van der Waals surface area contributed by atoms with Crippen LogP contribution in [0.4, 0.5) is 11.4 Å². The molecular formula is C17H16ClN4O2+. The number of ether oxygens (including phenoxy) is 1. The Labute approximate surface area is 144 Å². The van der Waals surface area contributed by atoms with Gasteiger partial charge in [0.25, 0.3) is 5.69 Å². The fraction of sp³-hybridized carbons (Fsp3) is 0.235. The number of benzene rings is 1. The minimum absolute atomic E-state index is 0.272. The molecule has 0 radical (unpaired) electrons. The summed E-state index contributed by atoms with van der Waals surface area (Å²) in [7, 11) is 0. The van der Waals surface area contributed by atoms with Crippen LogP contribution in [-0.4, -0.2) is 32.2 Å². The number of amides is 1. The number of nitriles is 1. The first-order valence-corrected chi connectivity index (χ1v) is 7.90. The molecule has 122 valence electrons. The number of anilines is 2. The van der Waals surface area contributed by atoms with Crippen molar-refractivity contribution in [3.05, 3.63) is 52.8 Å². The zero-order valence-corrected chi connectivity index (χ0v) is 13.6. The van der Waals surface area contributed by atoms with Crippen molar-refractivity contribution < 1.29 is 14.5 Å². The Balaban J connectivity index is 1.75. The second-order valence-electron chi connectivity index (χ2n) is 5.32. The lowest BCUT2D eigenvalue weighted by atomic mass is 10.2. The molecule has 0 aliphatic carbocycles. The van der Waals surface area contributed by atoms with E-state index in [9.17, 15) is 4.79 Å². The van der Waals surface area contributed by atoms with E-state index in [1.54, 1.807) is 24.4 Å². The molecule has 1 fully saturated rings. The van der Waals surface area contributed by atoms with Gasteiger partial charge in [0.2, 0.25) is 0 Å². The van der Waals surface area contributed by atoms with Crippen LogP contribution in [0.25, 0.3) is 0 Å². The van der Waals surface area contributed by atoms with Crippen LogP contribution in [0.2, 0.25) is 5.02 Å². The quantitative estimate of drug-likeness (QED) is 0.925. The molecule has 3 rings (SSSR count). The number of H-pyrrole nitrogens is 1. The Hall–Kier alpha value is -2.62. The maximum absolute atomic E-state index is 12.4. The second-order valence-corrected chi connectivity index (χ2v) is 5.73. The summed E-state index contributed by atoms with van der Waals surface area (Å²) >= 11 is 5.99. The first kappa shape index (κ1) is 16.2. The third kappa shape index (κ3) is 3.65. The van der Waals surface area contributed by atoms with Gasteiger partial charge in [-0.05, 0) is 18.2 Å². The topological polar surface area (TPSA) is 79.5 Å². The number of hydrogen-bond acceptors (Lipinski definition) is 4. The Morgan fingerprint density at radius 1 is 1.29 bits per heavy atom. The number of rotatable bonds is 3. The van der Waals surface area contributed by atoms with Crippen molar-refractivity contribution in [3.63, 3.8) is 0 Å². The number of nitrogens with zero attached hydrogens (tertiary/aromatic N) is 2. The molecule has 1 aromatic carbocycles. The maximum Gasteiger partial charge on any atom is 0.320 e. The number of nitrogens with one attached hydrogen (secondary N) is 2. The van der Waals surface area contributed by atoms with Gasteiger partial charge in [0.15, 0.2) is 6.20 Å². The predicted octanol–water partition coefficient (Wildman–Crippen LogP) is 2.11. The number of morpholine rings is 1. The molecule has 1 aliphatic rings. The van der Waals surface area contributed by atoms with Crippen LogP contribution in [0, 0.1) is 11.3 Å². The molecule has 24 heavy (non-hydrogen) atoms. The van der Waals surface area contributed by atoms with E-state index in [0.717, 1.165) is 18.8 Å². The largest absolute Gasteiger partial charge is 0.378 e. The number of aromatic nitrogens is 1. The van der Waals surface area contributed by atoms with E-state index < -0.39 is 0 Å². The van der Waals surface area contributed by atoms with Gasteiger partial charge in [-0.25, -0.2) is 4.98 Å². The van der Waals surface area contributed by atoms with Crippen LogP contribution in [0.1, 0.15) is 16.1 Å². The smallest absolute Gasteiger partial charge is 0.320 e. The average Bonchev–Trinajstić information content (AvgIpc) is 2.63. The van der Waals surface area contributed by atoms with Gasteiger partial charge in [0.1, 0.15) is 6.07 Å². The van der Waals surface area contributed by atoms with E-state index in [1.165, 1.54) is 0 Å². The van der Waals surface area contributed by atoms with Crippen LogP contribution in [-0.2, 0) is 4.74 Å². The summed E-state index contributed by atoms with van der Waals surface area (Å²) in [5.74, 6) is -0.272. The molecule has 0 bridgehead atoms. The van der Waals surface area contributed by atoms with Crippen LogP contribution in [0.3, 0.4) is 0 Å². The van der Waals surface area contributed by atoms with E-state index in [1.807, 2.05) is 18.2 Å². The van der Waals surface area contributed by atoms with Crippen molar-refractivity contribution in [3.8, 4) is 6.07 Å². The van der Waals surface area contributed by atoms with Gasteiger partial charge in [0.05, 0.1) is 23.8 Å². The van der Waals surface area contributed by atoms with Gasteiger partial charge in [-0.3, -0.25) is 4.79 Å². The standard InChI is InChI=1S/C17H15ClN4O2/c18-15-9-13(2-1-12(15)11-19)21-17(23)16-10-14(3-4-20-16)22-5-7-24-8-6-22/h1-4,9-10H,5-8H2,(H,21,23)/p+1. The van der Waals surface area contributed by atoms with E-state index in [0.29, 0.717) is 35.2 Å². The Bertz CT molecular complexity index is 797. The minimum atomic E-state index is -0.272. The van der Waals surface area contributed by atoms with E-state index in [4.69, 9.17) is 21.6 Å². The highest BCUT2D eigenvalue weighted by atomic mass is 35.5. The zero-order chi connectivity index (χ0) is 16.9. The van der Waals surface area contributed by atoms with E-state index in [2.05, 4.69) is 15.2 Å². The number of pyridine rings is 1. The van der Waals surface area contributed by atoms with Gasteiger partial charge in [-0.1, -0.05) is 11.6 Å². The van der Waals surface area contributed by atoms with Crippen molar-refractivity contribution in [2.75, 3.05) is 36.5 Å². The van der Waals surface area contributed by atoms with Crippen molar-refractivity contribution >= 4 is 28.9 Å². The predicted molar refractivity (Wildman–Crippen MR) is 90.1 cm³/mol. The maximum atomic E-state index is 12.4. The molecule has 7 heteroatoms. The summed E-state index contributed by atoms with van der Waals surface area (Å²) in [6.07, 6.45) is 1.74. The molecule has 1 amide bonds. The summed E-state index contributed by atoms with van der Waals surface area (Å²) < 4.78 is 5.34. The summed E-state index contributed by atoms with van der Waals surface area (Å²) in [6.45, 7) is 2.97. The average molecular weight is 344 g/mol. The lowest BCUT2D eigenvalue weighted by molar-refractivity contribution is -0.381. The van der Waals surface area contributed by atoms with E-state index in [-0.39, 0.29) is 5.91 Å². The molecule has 0 spiro atoms. The van der Waals surface area contributed by atoms with Crippen molar-refractivity contribution in [1.29, 1.82) is 5.26 Å². The fourth-order valence-electron chi connectivity index (χ4n) is 2.49. The molecule has 2 N–H and O–H groups in total. The molecular weight excluding hydrogens is 328 g/mol. The summed E-state index contributed by atoms with van der Waals surface area (Å²) in [5, 5.41) is 12.0. The molecule has 1 saturated heterocycles. The lowest BCUT2D eigenvalue weighted by Gasteiger charge is -2.28. The highest BCUT2D eigenvalue weighted by Gasteiger charge is 2.18. The first-order valence-electron chi connectivity index (χ1n) is 7.53. The molecule has 6 nitrogen and oxygen atoms in total. The summed E-state index contributed by atoms with van der Waals surface area (Å²) in [5.41, 5.74) is 2.32. The Kier molecular flexibility index (Phi) is 4.94. The first-order chi connectivity index (χ1) is 11.7. The molecule has 0 saturated carbocycles. The van der Waals surface area contributed by atoms with Crippen LogP contribution >= 0.6 is 11.6 Å². The molecule has 0 atom stereocenters. The minimum Gasteiger partial charge on any atom is -0.378 e. The third-order valence-electron chi connectivity index (χ3n) is 3.75. The van der Waals surface area contributed by atoms with Crippen molar-refractivity contribution in [2.24, 2.45) is 0 Å². The van der Waals surface area contributed by atoms with Crippen LogP contribution in [0.5, 0.6) is 0 Å². The number of hydrogen-bond donors (Lipinski definition) is 1. The van der Waals surface area contributed by atoms with Gasteiger partial charge >= 0.3 is 5.91 Å². The van der Waals surface area contributed by atoms with Gasteiger partial charge in [-0.15, -0.1) is 0 Å². The summed E-state index contributed by atoms with van der Waals surface area (Å²) in [4.78, 5) is 17.5. The summed E-state index contributed by atoms with van der Waals surface area (Å²) in [6, 6.07) is 10.5. The number of aromatic amines is 1.